The maximum atomic E-state index is 12.0. The van der Waals surface area contributed by atoms with Gasteiger partial charge in [0.2, 0.25) is 5.91 Å². The number of rotatable bonds is 3. The summed E-state index contributed by atoms with van der Waals surface area (Å²) in [6, 6.07) is 8.33. The Balaban J connectivity index is 1.79. The second kappa shape index (κ2) is 6.01. The fourth-order valence-electron chi connectivity index (χ4n) is 2.28. The molecule has 0 aromatic heterocycles. The molecule has 1 aliphatic rings. The van der Waals surface area contributed by atoms with E-state index in [1.54, 1.807) is 0 Å². The van der Waals surface area contributed by atoms with Gasteiger partial charge in [-0.2, -0.15) is 0 Å². The Hall–Kier alpha value is -1.35. The summed E-state index contributed by atoms with van der Waals surface area (Å²) in [7, 11) is 0. The highest BCUT2D eigenvalue weighted by Crippen LogP contribution is 2.12. The van der Waals surface area contributed by atoms with Gasteiger partial charge >= 0.3 is 0 Å². The number of aliphatic hydroxyl groups is 1. The van der Waals surface area contributed by atoms with Gasteiger partial charge < -0.3 is 10.0 Å². The number of aliphatic hydroxyl groups excluding tert-OH is 1. The summed E-state index contributed by atoms with van der Waals surface area (Å²) in [5.74, 6) is 0.211. The number of hydrogen-bond donors (Lipinski definition) is 1. The molecule has 1 fully saturated rings. The van der Waals surface area contributed by atoms with Crippen LogP contribution in [0.1, 0.15) is 30.4 Å². The molecule has 3 nitrogen and oxygen atoms in total. The zero-order chi connectivity index (χ0) is 13.0. The molecule has 98 valence electrons. The van der Waals surface area contributed by atoms with Gasteiger partial charge in [-0.25, -0.2) is 0 Å². The number of likely N-dealkylation sites (tertiary alicyclic amines) is 1. The normalized spacial score (nSPS) is 16.9. The topological polar surface area (TPSA) is 40.5 Å². The van der Waals surface area contributed by atoms with Crippen molar-refractivity contribution in [1.29, 1.82) is 0 Å². The largest absolute Gasteiger partial charge is 0.393 e. The molecule has 0 radical (unpaired) electrons. The van der Waals surface area contributed by atoms with Crippen LogP contribution in [0.15, 0.2) is 24.3 Å². The molecule has 0 atom stereocenters. The van der Waals surface area contributed by atoms with Crippen LogP contribution in [0.2, 0.25) is 0 Å². The lowest BCUT2D eigenvalue weighted by Gasteiger charge is -2.29. The Kier molecular flexibility index (Phi) is 4.37. The van der Waals surface area contributed by atoms with Gasteiger partial charge in [-0.1, -0.05) is 29.8 Å². The second-order valence-corrected chi connectivity index (χ2v) is 5.10. The van der Waals surface area contributed by atoms with Gasteiger partial charge in [-0.3, -0.25) is 4.79 Å². The van der Waals surface area contributed by atoms with Crippen molar-refractivity contribution in [1.82, 2.24) is 4.90 Å². The summed E-state index contributed by atoms with van der Waals surface area (Å²) in [6.45, 7) is 3.47. The lowest BCUT2D eigenvalue weighted by atomic mass is 10.1. The minimum atomic E-state index is -0.217. The lowest BCUT2D eigenvalue weighted by molar-refractivity contribution is -0.133. The number of nitrogens with zero attached hydrogens (tertiary/aromatic N) is 1. The monoisotopic (exact) mass is 247 g/mol. The summed E-state index contributed by atoms with van der Waals surface area (Å²) in [5.41, 5.74) is 2.46. The highest BCUT2D eigenvalue weighted by Gasteiger charge is 2.20. The van der Waals surface area contributed by atoms with E-state index < -0.39 is 0 Å². The third-order valence-corrected chi connectivity index (χ3v) is 3.57. The molecule has 2 rings (SSSR count). The van der Waals surface area contributed by atoms with E-state index in [9.17, 15) is 9.90 Å². The molecular formula is C15H21NO2. The Labute approximate surface area is 108 Å². The minimum absolute atomic E-state index is 0.211. The van der Waals surface area contributed by atoms with Crippen molar-refractivity contribution in [3.63, 3.8) is 0 Å². The van der Waals surface area contributed by atoms with Gasteiger partial charge in [0.15, 0.2) is 0 Å². The van der Waals surface area contributed by atoms with Gasteiger partial charge in [0.05, 0.1) is 6.10 Å². The smallest absolute Gasteiger partial charge is 0.222 e. The summed E-state index contributed by atoms with van der Waals surface area (Å²) < 4.78 is 0. The van der Waals surface area contributed by atoms with Gasteiger partial charge in [0, 0.05) is 19.5 Å². The molecule has 0 unspecified atom stereocenters. The van der Waals surface area contributed by atoms with Crippen LogP contribution >= 0.6 is 0 Å². The number of benzene rings is 1. The molecule has 3 heteroatoms. The maximum Gasteiger partial charge on any atom is 0.222 e. The van der Waals surface area contributed by atoms with E-state index in [0.29, 0.717) is 19.5 Å². The minimum Gasteiger partial charge on any atom is -0.393 e. The van der Waals surface area contributed by atoms with Crippen LogP contribution in [0.5, 0.6) is 0 Å². The number of hydrogen-bond acceptors (Lipinski definition) is 2. The predicted octanol–water partition coefficient (Wildman–Crippen LogP) is 1.91. The number of amides is 1. The van der Waals surface area contributed by atoms with Crippen molar-refractivity contribution in [2.75, 3.05) is 13.1 Å². The fraction of sp³-hybridized carbons (Fsp3) is 0.533. The first-order valence-corrected chi connectivity index (χ1v) is 6.66. The quantitative estimate of drug-likeness (QED) is 0.886. The molecule has 1 aromatic rings. The van der Waals surface area contributed by atoms with Crippen molar-refractivity contribution in [2.24, 2.45) is 0 Å². The van der Waals surface area contributed by atoms with Gasteiger partial charge in [-0.15, -0.1) is 0 Å². The number of carbonyl (C=O) groups excluding carboxylic acids is 1. The molecule has 1 saturated heterocycles. The van der Waals surface area contributed by atoms with Gasteiger partial charge in [0.1, 0.15) is 0 Å². The molecule has 1 N–H and O–H groups in total. The highest BCUT2D eigenvalue weighted by atomic mass is 16.3. The fourth-order valence-corrected chi connectivity index (χ4v) is 2.28. The summed E-state index contributed by atoms with van der Waals surface area (Å²) in [4.78, 5) is 13.9. The zero-order valence-electron chi connectivity index (χ0n) is 10.9. The van der Waals surface area contributed by atoms with E-state index in [2.05, 4.69) is 31.2 Å². The average Bonchev–Trinajstić information content (AvgIpc) is 2.38. The number of piperidine rings is 1. The highest BCUT2D eigenvalue weighted by molar-refractivity contribution is 5.76. The van der Waals surface area contributed by atoms with E-state index in [0.717, 1.165) is 19.3 Å². The Morgan fingerprint density at radius 3 is 2.50 bits per heavy atom. The van der Waals surface area contributed by atoms with Gasteiger partial charge in [0.25, 0.3) is 0 Å². The molecule has 0 spiro atoms. The molecule has 0 bridgehead atoms. The van der Waals surface area contributed by atoms with Crippen LogP contribution in [0.3, 0.4) is 0 Å². The Morgan fingerprint density at radius 1 is 1.28 bits per heavy atom. The second-order valence-electron chi connectivity index (χ2n) is 5.10. The van der Waals surface area contributed by atoms with Crippen molar-refractivity contribution < 1.29 is 9.90 Å². The number of aryl methyl sites for hydroxylation is 2. The van der Waals surface area contributed by atoms with E-state index in [4.69, 9.17) is 0 Å². The van der Waals surface area contributed by atoms with Crippen molar-refractivity contribution >= 4 is 5.91 Å². The molecular weight excluding hydrogens is 226 g/mol. The molecule has 1 aromatic carbocycles. The molecule has 1 aliphatic heterocycles. The Bertz CT molecular complexity index is 391. The van der Waals surface area contributed by atoms with Crippen LogP contribution in [-0.2, 0) is 11.2 Å². The van der Waals surface area contributed by atoms with E-state index in [1.165, 1.54) is 11.1 Å². The summed E-state index contributed by atoms with van der Waals surface area (Å²) in [5, 5.41) is 9.40. The van der Waals surface area contributed by atoms with Crippen molar-refractivity contribution in [3.05, 3.63) is 35.4 Å². The molecule has 0 aliphatic carbocycles. The lowest BCUT2D eigenvalue weighted by Crippen LogP contribution is -2.40. The van der Waals surface area contributed by atoms with Crippen LogP contribution < -0.4 is 0 Å². The molecule has 0 saturated carbocycles. The first-order valence-electron chi connectivity index (χ1n) is 6.66. The van der Waals surface area contributed by atoms with Crippen molar-refractivity contribution in [3.8, 4) is 0 Å². The first kappa shape index (κ1) is 13.1. The molecule has 1 amide bonds. The van der Waals surface area contributed by atoms with Crippen molar-refractivity contribution in [2.45, 2.75) is 38.7 Å². The predicted molar refractivity (Wildman–Crippen MR) is 71.3 cm³/mol. The first-order chi connectivity index (χ1) is 8.65. The molecule has 18 heavy (non-hydrogen) atoms. The van der Waals surface area contributed by atoms with Crippen LogP contribution in [-0.4, -0.2) is 35.1 Å². The third kappa shape index (κ3) is 3.57. The van der Waals surface area contributed by atoms with E-state index in [-0.39, 0.29) is 12.0 Å². The van der Waals surface area contributed by atoms with Crippen LogP contribution in [0, 0.1) is 6.92 Å². The number of carbonyl (C=O) groups is 1. The standard InChI is InChI=1S/C15H21NO2/c1-12-2-4-13(5-3-12)6-7-15(18)16-10-8-14(17)9-11-16/h2-5,14,17H,6-11H2,1H3. The van der Waals surface area contributed by atoms with Crippen LogP contribution in [0.4, 0.5) is 0 Å². The SMILES string of the molecule is Cc1ccc(CCC(=O)N2CCC(O)CC2)cc1. The van der Waals surface area contributed by atoms with Crippen LogP contribution in [0.25, 0.3) is 0 Å². The Morgan fingerprint density at radius 2 is 1.89 bits per heavy atom. The maximum absolute atomic E-state index is 12.0. The average molecular weight is 247 g/mol. The summed E-state index contributed by atoms with van der Waals surface area (Å²) >= 11 is 0. The van der Waals surface area contributed by atoms with Gasteiger partial charge in [-0.05, 0) is 31.7 Å². The summed E-state index contributed by atoms with van der Waals surface area (Å²) in [6.07, 6.45) is 2.59. The molecule has 1 heterocycles. The van der Waals surface area contributed by atoms with E-state index in [1.807, 2.05) is 4.90 Å². The zero-order valence-corrected chi connectivity index (χ0v) is 10.9. The third-order valence-electron chi connectivity index (χ3n) is 3.57. The van der Waals surface area contributed by atoms with E-state index >= 15 is 0 Å².